The summed E-state index contributed by atoms with van der Waals surface area (Å²) in [6.07, 6.45) is 2.57. The van der Waals surface area contributed by atoms with Gasteiger partial charge in [-0.05, 0) is 13.3 Å². The highest BCUT2D eigenvalue weighted by Crippen LogP contribution is 2.28. The number of guanidine groups is 1. The van der Waals surface area contributed by atoms with Gasteiger partial charge in [-0.15, -0.1) is 0 Å². The van der Waals surface area contributed by atoms with Gasteiger partial charge in [0.2, 0.25) is 0 Å². The lowest BCUT2D eigenvalue weighted by atomic mass is 9.86. The van der Waals surface area contributed by atoms with Crippen molar-refractivity contribution in [2.45, 2.75) is 44.8 Å². The Bertz CT molecular complexity index is 316. The van der Waals surface area contributed by atoms with Crippen molar-refractivity contribution in [1.82, 2.24) is 10.6 Å². The minimum Gasteiger partial charge on any atom is -0.378 e. The van der Waals surface area contributed by atoms with Gasteiger partial charge in [-0.2, -0.15) is 0 Å². The molecular weight excluding hydrogens is 206 g/mol. The Hall–Kier alpha value is -1.10. The monoisotopic (exact) mass is 225 g/mol. The zero-order valence-electron chi connectivity index (χ0n) is 9.88. The van der Waals surface area contributed by atoms with E-state index in [1.165, 1.54) is 0 Å². The van der Waals surface area contributed by atoms with Crippen molar-refractivity contribution in [1.29, 1.82) is 0 Å². The zero-order chi connectivity index (χ0) is 11.6. The van der Waals surface area contributed by atoms with Gasteiger partial charge >= 0.3 is 0 Å². The molecule has 0 aromatic carbocycles. The van der Waals surface area contributed by atoms with Crippen molar-refractivity contribution in [3.05, 3.63) is 0 Å². The molecule has 0 aromatic rings. The number of amides is 1. The number of nitrogens with zero attached hydrogens (tertiary/aromatic N) is 1. The number of aliphatic imine (C=N–C) groups is 1. The first-order valence-corrected chi connectivity index (χ1v) is 5.96. The molecule has 5 nitrogen and oxygen atoms in total. The van der Waals surface area contributed by atoms with Crippen LogP contribution in [-0.4, -0.2) is 36.7 Å². The van der Waals surface area contributed by atoms with Crippen LogP contribution in [0.2, 0.25) is 0 Å². The lowest BCUT2D eigenvalue weighted by Gasteiger charge is -2.35. The number of hydrogen-bond acceptors (Lipinski definition) is 3. The zero-order valence-corrected chi connectivity index (χ0v) is 9.88. The van der Waals surface area contributed by atoms with Crippen molar-refractivity contribution in [3.8, 4) is 0 Å². The first-order chi connectivity index (χ1) is 7.70. The van der Waals surface area contributed by atoms with Crippen LogP contribution >= 0.6 is 0 Å². The summed E-state index contributed by atoms with van der Waals surface area (Å²) in [6.45, 7) is 5.34. The molecule has 2 aliphatic rings. The largest absolute Gasteiger partial charge is 0.378 e. The lowest BCUT2D eigenvalue weighted by molar-refractivity contribution is -0.129. The van der Waals surface area contributed by atoms with Crippen LogP contribution in [-0.2, 0) is 9.53 Å². The maximum atomic E-state index is 12.0. The molecule has 1 amide bonds. The van der Waals surface area contributed by atoms with Gasteiger partial charge < -0.3 is 10.1 Å². The third-order valence-corrected chi connectivity index (χ3v) is 3.25. The van der Waals surface area contributed by atoms with Crippen LogP contribution in [0.3, 0.4) is 0 Å². The Morgan fingerprint density at radius 2 is 2.38 bits per heavy atom. The quantitative estimate of drug-likeness (QED) is 0.715. The molecule has 2 rings (SSSR count). The second-order valence-corrected chi connectivity index (χ2v) is 4.34. The summed E-state index contributed by atoms with van der Waals surface area (Å²) in [4.78, 5) is 16.2. The first-order valence-electron chi connectivity index (χ1n) is 5.96. The summed E-state index contributed by atoms with van der Waals surface area (Å²) < 4.78 is 5.60. The van der Waals surface area contributed by atoms with E-state index in [4.69, 9.17) is 4.74 Å². The van der Waals surface area contributed by atoms with Crippen molar-refractivity contribution in [2.75, 3.05) is 13.2 Å². The Kier molecular flexibility index (Phi) is 3.14. The van der Waals surface area contributed by atoms with E-state index < -0.39 is 5.54 Å². The normalized spacial score (nSPS) is 36.5. The minimum absolute atomic E-state index is 0.0430. The molecule has 5 heteroatoms. The molecule has 2 aliphatic heterocycles. The number of carbonyl (C=O) groups excluding carboxylic acids is 1. The molecule has 2 atom stereocenters. The summed E-state index contributed by atoms with van der Waals surface area (Å²) in [7, 11) is 0. The van der Waals surface area contributed by atoms with Crippen molar-refractivity contribution in [3.63, 3.8) is 0 Å². The molecule has 2 N–H and O–H groups in total. The standard InChI is InChI=1S/C11H19N3O2/c1-3-8-7-11(5-6-16-8)9(15)13-10(14-11)12-4-2/h8H,3-7H2,1-2H3,(H2,12,13,14,15). The third kappa shape index (κ3) is 1.91. The summed E-state index contributed by atoms with van der Waals surface area (Å²) in [5.74, 6) is 0.658. The topological polar surface area (TPSA) is 62.7 Å². The summed E-state index contributed by atoms with van der Waals surface area (Å²) in [5.41, 5.74) is -0.479. The second kappa shape index (κ2) is 4.41. The van der Waals surface area contributed by atoms with E-state index in [0.29, 0.717) is 19.1 Å². The van der Waals surface area contributed by atoms with Gasteiger partial charge in [-0.3, -0.25) is 15.1 Å². The van der Waals surface area contributed by atoms with Gasteiger partial charge in [-0.1, -0.05) is 6.92 Å². The van der Waals surface area contributed by atoms with Crippen LogP contribution in [0.1, 0.15) is 33.1 Å². The molecule has 0 aromatic heterocycles. The maximum Gasteiger partial charge on any atom is 0.252 e. The van der Waals surface area contributed by atoms with E-state index in [9.17, 15) is 4.79 Å². The van der Waals surface area contributed by atoms with E-state index in [1.807, 2.05) is 6.92 Å². The Morgan fingerprint density at radius 3 is 3.06 bits per heavy atom. The number of carbonyl (C=O) groups is 1. The number of rotatable bonds is 2. The number of nitrogens with one attached hydrogen (secondary N) is 2. The molecule has 90 valence electrons. The number of ether oxygens (including phenoxy) is 1. The highest BCUT2D eigenvalue weighted by Gasteiger charge is 2.48. The molecule has 2 fully saturated rings. The van der Waals surface area contributed by atoms with Gasteiger partial charge in [0, 0.05) is 26.0 Å². The molecule has 0 saturated carbocycles. The summed E-state index contributed by atoms with van der Waals surface area (Å²) >= 11 is 0. The van der Waals surface area contributed by atoms with E-state index in [1.54, 1.807) is 0 Å². The van der Waals surface area contributed by atoms with Gasteiger partial charge in [0.25, 0.3) is 5.91 Å². The summed E-state index contributed by atoms with van der Waals surface area (Å²) in [5, 5.41) is 6.04. The smallest absolute Gasteiger partial charge is 0.252 e. The second-order valence-electron chi connectivity index (χ2n) is 4.34. The average Bonchev–Trinajstić information content (AvgIpc) is 2.56. The van der Waals surface area contributed by atoms with Gasteiger partial charge in [0.05, 0.1) is 6.10 Å². The van der Waals surface area contributed by atoms with Crippen molar-refractivity contribution < 1.29 is 9.53 Å². The fraction of sp³-hybridized carbons (Fsp3) is 0.818. The molecule has 2 unspecified atom stereocenters. The van der Waals surface area contributed by atoms with Crippen molar-refractivity contribution >= 4 is 11.9 Å². The predicted molar refractivity (Wildman–Crippen MR) is 61.3 cm³/mol. The maximum absolute atomic E-state index is 12.0. The Balaban J connectivity index is 2.13. The third-order valence-electron chi connectivity index (χ3n) is 3.25. The molecular formula is C11H19N3O2. The minimum atomic E-state index is -0.479. The van der Waals surface area contributed by atoms with Crippen LogP contribution < -0.4 is 10.6 Å². The van der Waals surface area contributed by atoms with Crippen molar-refractivity contribution in [2.24, 2.45) is 4.99 Å². The molecule has 16 heavy (non-hydrogen) atoms. The van der Waals surface area contributed by atoms with Gasteiger partial charge in [0.1, 0.15) is 5.54 Å². The van der Waals surface area contributed by atoms with Crippen LogP contribution in [0.4, 0.5) is 0 Å². The van der Waals surface area contributed by atoms with Crippen LogP contribution in [0.5, 0.6) is 0 Å². The molecule has 2 saturated heterocycles. The van der Waals surface area contributed by atoms with Crippen LogP contribution in [0, 0.1) is 0 Å². The Labute approximate surface area is 95.6 Å². The molecule has 2 heterocycles. The van der Waals surface area contributed by atoms with E-state index in [0.717, 1.165) is 19.3 Å². The van der Waals surface area contributed by atoms with E-state index >= 15 is 0 Å². The average molecular weight is 225 g/mol. The highest BCUT2D eigenvalue weighted by molar-refractivity contribution is 6.09. The molecule has 1 spiro atoms. The molecule has 0 radical (unpaired) electrons. The summed E-state index contributed by atoms with van der Waals surface area (Å²) in [6, 6.07) is 0. The van der Waals surface area contributed by atoms with Crippen LogP contribution in [0.15, 0.2) is 4.99 Å². The molecule has 0 aliphatic carbocycles. The first kappa shape index (κ1) is 11.4. The van der Waals surface area contributed by atoms with E-state index in [-0.39, 0.29) is 12.0 Å². The lowest BCUT2D eigenvalue weighted by Crippen LogP contribution is -2.53. The number of hydrogen-bond donors (Lipinski definition) is 2. The van der Waals surface area contributed by atoms with Gasteiger partial charge in [-0.25, -0.2) is 0 Å². The predicted octanol–water partition coefficient (Wildman–Crippen LogP) is 0.409. The Morgan fingerprint density at radius 1 is 1.56 bits per heavy atom. The van der Waals surface area contributed by atoms with E-state index in [2.05, 4.69) is 22.5 Å². The van der Waals surface area contributed by atoms with Gasteiger partial charge in [0.15, 0.2) is 5.96 Å². The fourth-order valence-electron chi connectivity index (χ4n) is 2.31. The highest BCUT2D eigenvalue weighted by atomic mass is 16.5. The fourth-order valence-corrected chi connectivity index (χ4v) is 2.31. The van der Waals surface area contributed by atoms with Crippen LogP contribution in [0.25, 0.3) is 0 Å². The molecule has 0 bridgehead atoms. The SMILES string of the molecule is CCN=C1NC(=O)C2(CCOC(CC)C2)N1.